The van der Waals surface area contributed by atoms with E-state index in [1.54, 1.807) is 0 Å². The molecule has 1 fully saturated rings. The second-order valence-electron chi connectivity index (χ2n) is 5.71. The van der Waals surface area contributed by atoms with E-state index in [2.05, 4.69) is 0 Å². The number of carbonyl (C=O) groups is 3. The van der Waals surface area contributed by atoms with Crippen LogP contribution in [0.3, 0.4) is 0 Å². The first-order valence-electron chi connectivity index (χ1n) is 7.89. The summed E-state index contributed by atoms with van der Waals surface area (Å²) < 4.78 is 5.10. The van der Waals surface area contributed by atoms with Crippen LogP contribution in [0.4, 0.5) is 0 Å². The minimum atomic E-state index is -1.08. The first-order chi connectivity index (χ1) is 11.5. The lowest BCUT2D eigenvalue weighted by molar-refractivity contribution is -0.160. The summed E-state index contributed by atoms with van der Waals surface area (Å²) in [5.74, 6) is -1.52. The van der Waals surface area contributed by atoms with E-state index >= 15 is 0 Å². The van der Waals surface area contributed by atoms with Crippen molar-refractivity contribution in [3.8, 4) is 0 Å². The zero-order valence-electron chi connectivity index (χ0n) is 13.7. The van der Waals surface area contributed by atoms with E-state index in [1.807, 2.05) is 30.3 Å². The molecule has 2 amide bonds. The van der Waals surface area contributed by atoms with Crippen molar-refractivity contribution < 1.29 is 24.2 Å². The van der Waals surface area contributed by atoms with Crippen LogP contribution in [0.2, 0.25) is 0 Å². The van der Waals surface area contributed by atoms with E-state index in [9.17, 15) is 14.4 Å². The van der Waals surface area contributed by atoms with Crippen LogP contribution in [0, 0.1) is 0 Å². The lowest BCUT2D eigenvalue weighted by Gasteiger charge is -2.32. The predicted molar refractivity (Wildman–Crippen MR) is 86.4 cm³/mol. The molecule has 1 aliphatic rings. The summed E-state index contributed by atoms with van der Waals surface area (Å²) >= 11 is 0. The summed E-state index contributed by atoms with van der Waals surface area (Å²) in [5, 5.41) is 8.99. The molecule has 0 spiro atoms. The Morgan fingerprint density at radius 3 is 2.62 bits per heavy atom. The molecule has 0 saturated carbocycles. The summed E-state index contributed by atoms with van der Waals surface area (Å²) in [4.78, 5) is 38.1. The average Bonchev–Trinajstić information content (AvgIpc) is 2.59. The topological polar surface area (TPSA) is 87.2 Å². The lowest BCUT2D eigenvalue weighted by atomic mass is 10.1. The van der Waals surface area contributed by atoms with Crippen LogP contribution in [0.25, 0.3) is 0 Å². The zero-order valence-corrected chi connectivity index (χ0v) is 13.7. The van der Waals surface area contributed by atoms with E-state index in [1.165, 1.54) is 16.7 Å². The molecular formula is C17H22N2O5. The molecule has 1 aromatic rings. The molecule has 0 bridgehead atoms. The van der Waals surface area contributed by atoms with Gasteiger partial charge in [-0.1, -0.05) is 30.3 Å². The van der Waals surface area contributed by atoms with Gasteiger partial charge in [-0.2, -0.15) is 0 Å². The van der Waals surface area contributed by atoms with Crippen LogP contribution < -0.4 is 0 Å². The third-order valence-electron chi connectivity index (χ3n) is 3.98. The number of carbonyl (C=O) groups excluding carboxylic acids is 2. The highest BCUT2D eigenvalue weighted by Gasteiger charge is 2.29. The minimum Gasteiger partial charge on any atom is -0.479 e. The van der Waals surface area contributed by atoms with Crippen molar-refractivity contribution in [2.24, 2.45) is 0 Å². The monoisotopic (exact) mass is 334 g/mol. The van der Waals surface area contributed by atoms with Crippen LogP contribution in [0.5, 0.6) is 0 Å². The normalized spacial score (nSPS) is 17.4. The van der Waals surface area contributed by atoms with Crippen molar-refractivity contribution in [2.75, 3.05) is 32.8 Å². The number of benzene rings is 1. The second-order valence-corrected chi connectivity index (χ2v) is 5.71. The van der Waals surface area contributed by atoms with Crippen molar-refractivity contribution >= 4 is 17.8 Å². The van der Waals surface area contributed by atoms with Crippen molar-refractivity contribution in [1.82, 2.24) is 9.80 Å². The van der Waals surface area contributed by atoms with E-state index in [4.69, 9.17) is 9.84 Å². The van der Waals surface area contributed by atoms with Gasteiger partial charge in [0.1, 0.15) is 0 Å². The minimum absolute atomic E-state index is 0.0125. The van der Waals surface area contributed by atoms with Crippen LogP contribution >= 0.6 is 0 Å². The molecule has 1 saturated heterocycles. The largest absolute Gasteiger partial charge is 0.479 e. The smallest absolute Gasteiger partial charge is 0.334 e. The van der Waals surface area contributed by atoms with E-state index in [0.717, 1.165) is 5.56 Å². The standard InChI is InChI=1S/C17H22N2O5/c1-13(20)18(8-7-14-5-3-2-4-6-14)12-16(21)19-9-10-24-15(11-19)17(22)23/h2-6,15H,7-12H2,1H3,(H,22,23). The van der Waals surface area contributed by atoms with Crippen LogP contribution in [-0.2, 0) is 25.5 Å². The Balaban J connectivity index is 1.90. The quantitative estimate of drug-likeness (QED) is 0.813. The number of nitrogens with zero attached hydrogens (tertiary/aromatic N) is 2. The predicted octanol–water partition coefficient (Wildman–Crippen LogP) is 0.390. The molecule has 7 nitrogen and oxygen atoms in total. The summed E-state index contributed by atoms with van der Waals surface area (Å²) in [6.07, 6.45) is -0.341. The van der Waals surface area contributed by atoms with E-state index < -0.39 is 12.1 Å². The molecule has 0 aliphatic carbocycles. The van der Waals surface area contributed by atoms with Crippen LogP contribution in [0.15, 0.2) is 30.3 Å². The molecule has 1 N–H and O–H groups in total. The van der Waals surface area contributed by atoms with Gasteiger partial charge >= 0.3 is 5.97 Å². The number of ether oxygens (including phenoxy) is 1. The lowest BCUT2D eigenvalue weighted by Crippen LogP contribution is -2.51. The van der Waals surface area contributed by atoms with Gasteiger partial charge in [0.25, 0.3) is 0 Å². The highest BCUT2D eigenvalue weighted by Crippen LogP contribution is 2.08. The van der Waals surface area contributed by atoms with Gasteiger partial charge in [0, 0.05) is 20.0 Å². The Kier molecular flexibility index (Phi) is 6.31. The van der Waals surface area contributed by atoms with E-state index in [0.29, 0.717) is 19.5 Å². The van der Waals surface area contributed by atoms with Gasteiger partial charge in [0.2, 0.25) is 11.8 Å². The molecule has 1 aliphatic heterocycles. The highest BCUT2D eigenvalue weighted by atomic mass is 16.5. The molecule has 0 aromatic heterocycles. The molecule has 1 unspecified atom stereocenters. The van der Waals surface area contributed by atoms with Crippen LogP contribution in [-0.4, -0.2) is 71.6 Å². The number of rotatable bonds is 6. The molecular weight excluding hydrogens is 312 g/mol. The van der Waals surface area contributed by atoms with Gasteiger partial charge in [-0.15, -0.1) is 0 Å². The molecule has 1 aromatic carbocycles. The van der Waals surface area contributed by atoms with Crippen molar-refractivity contribution in [3.05, 3.63) is 35.9 Å². The maximum absolute atomic E-state index is 12.4. The third-order valence-corrected chi connectivity index (χ3v) is 3.98. The Morgan fingerprint density at radius 1 is 1.29 bits per heavy atom. The number of hydrogen-bond donors (Lipinski definition) is 1. The van der Waals surface area contributed by atoms with Gasteiger partial charge in [-0.25, -0.2) is 4.79 Å². The summed E-state index contributed by atoms with van der Waals surface area (Å²) in [7, 11) is 0. The summed E-state index contributed by atoms with van der Waals surface area (Å²) in [6, 6.07) is 9.73. The Hall–Kier alpha value is -2.41. The maximum Gasteiger partial charge on any atom is 0.334 e. The van der Waals surface area contributed by atoms with Gasteiger partial charge in [0.15, 0.2) is 6.10 Å². The molecule has 1 atom stereocenters. The Labute approximate surface area is 140 Å². The fourth-order valence-electron chi connectivity index (χ4n) is 2.55. The highest BCUT2D eigenvalue weighted by molar-refractivity contribution is 5.84. The van der Waals surface area contributed by atoms with Crippen molar-refractivity contribution in [3.63, 3.8) is 0 Å². The number of aliphatic carboxylic acids is 1. The fourth-order valence-corrected chi connectivity index (χ4v) is 2.55. The zero-order chi connectivity index (χ0) is 17.5. The average molecular weight is 334 g/mol. The maximum atomic E-state index is 12.4. The third kappa shape index (κ3) is 5.06. The Bertz CT molecular complexity index is 590. The van der Waals surface area contributed by atoms with E-state index in [-0.39, 0.29) is 31.5 Å². The molecule has 130 valence electrons. The number of carboxylic acids is 1. The van der Waals surface area contributed by atoms with Gasteiger partial charge in [-0.3, -0.25) is 9.59 Å². The summed E-state index contributed by atoms with van der Waals surface area (Å²) in [6.45, 7) is 2.36. The van der Waals surface area contributed by atoms with Crippen LogP contribution in [0.1, 0.15) is 12.5 Å². The summed E-state index contributed by atoms with van der Waals surface area (Å²) in [5.41, 5.74) is 1.09. The number of amides is 2. The molecule has 2 rings (SSSR count). The van der Waals surface area contributed by atoms with Gasteiger partial charge < -0.3 is 19.6 Å². The number of carboxylic acid groups (broad SMARTS) is 1. The first kappa shape index (κ1) is 17.9. The first-order valence-corrected chi connectivity index (χ1v) is 7.89. The Morgan fingerprint density at radius 2 is 2.00 bits per heavy atom. The molecule has 1 heterocycles. The number of morpholine rings is 1. The van der Waals surface area contributed by atoms with Gasteiger partial charge in [-0.05, 0) is 12.0 Å². The van der Waals surface area contributed by atoms with Crippen molar-refractivity contribution in [1.29, 1.82) is 0 Å². The second kappa shape index (κ2) is 8.44. The molecule has 7 heteroatoms. The van der Waals surface area contributed by atoms with Crippen molar-refractivity contribution in [2.45, 2.75) is 19.4 Å². The fraction of sp³-hybridized carbons (Fsp3) is 0.471. The molecule has 0 radical (unpaired) electrons. The van der Waals surface area contributed by atoms with Gasteiger partial charge in [0.05, 0.1) is 19.7 Å². The molecule has 24 heavy (non-hydrogen) atoms. The number of hydrogen-bond acceptors (Lipinski definition) is 4. The SMILES string of the molecule is CC(=O)N(CCc1ccccc1)CC(=O)N1CCOC(C(=O)O)C1.